The predicted octanol–water partition coefficient (Wildman–Crippen LogP) is -0.0931. The van der Waals surface area contributed by atoms with Crippen LogP contribution in [0.1, 0.15) is 19.4 Å². The van der Waals surface area contributed by atoms with Crippen LogP contribution in [0.3, 0.4) is 0 Å². The molecule has 0 fully saturated rings. The summed E-state index contributed by atoms with van der Waals surface area (Å²) in [5, 5.41) is 2.90. The van der Waals surface area contributed by atoms with E-state index in [1.165, 1.54) is 6.33 Å². The number of nitrogens with zero attached hydrogens (tertiary/aromatic N) is 2. The Kier molecular flexibility index (Phi) is 3.43. The van der Waals surface area contributed by atoms with E-state index < -0.39 is 11.9 Å². The molecule has 1 rings (SSSR count). The molecule has 6 nitrogen and oxygen atoms in total. The van der Waals surface area contributed by atoms with Crippen LogP contribution in [0.5, 0.6) is 0 Å². The normalized spacial score (nSPS) is 12.1. The smallest absolute Gasteiger partial charge is 0.239 e. The van der Waals surface area contributed by atoms with Gasteiger partial charge in [0.15, 0.2) is 0 Å². The summed E-state index contributed by atoms with van der Waals surface area (Å²) in [7, 11) is 0. The minimum atomic E-state index is -0.482. The van der Waals surface area contributed by atoms with Crippen LogP contribution in [-0.2, 0) is 11.2 Å². The topological polar surface area (TPSA) is 107 Å². The molecule has 15 heavy (non-hydrogen) atoms. The maximum atomic E-state index is 10.9. The summed E-state index contributed by atoms with van der Waals surface area (Å²) in [6.45, 7) is 3.61. The third-order valence-electron chi connectivity index (χ3n) is 2.11. The molecule has 0 aromatic carbocycles. The van der Waals surface area contributed by atoms with E-state index in [-0.39, 0.29) is 0 Å². The Bertz CT molecular complexity index is 366. The molecule has 0 spiro atoms. The maximum absolute atomic E-state index is 10.9. The Labute approximate surface area is 88.1 Å². The molecule has 1 heterocycles. The molecule has 82 valence electrons. The molecule has 1 aromatic heterocycles. The zero-order valence-electron chi connectivity index (χ0n) is 8.82. The summed E-state index contributed by atoms with van der Waals surface area (Å²) in [6.07, 6.45) is 2.05. The summed E-state index contributed by atoms with van der Waals surface area (Å²) >= 11 is 0. The number of rotatable bonds is 4. The second-order valence-electron chi connectivity index (χ2n) is 3.21. The minimum Gasteiger partial charge on any atom is -0.383 e. The summed E-state index contributed by atoms with van der Waals surface area (Å²) in [6, 6.07) is -0.482. The maximum Gasteiger partial charge on any atom is 0.239 e. The van der Waals surface area contributed by atoms with E-state index in [4.69, 9.17) is 11.5 Å². The van der Waals surface area contributed by atoms with Crippen molar-refractivity contribution in [1.29, 1.82) is 0 Å². The number of nitrogens with two attached hydrogens (primary N) is 2. The van der Waals surface area contributed by atoms with Gasteiger partial charge in [0, 0.05) is 5.56 Å². The summed E-state index contributed by atoms with van der Waals surface area (Å²) in [5.41, 5.74) is 11.6. The lowest BCUT2D eigenvalue weighted by atomic mass is 10.2. The number of hydrogen-bond acceptors (Lipinski definition) is 5. The van der Waals surface area contributed by atoms with E-state index in [0.29, 0.717) is 18.1 Å². The van der Waals surface area contributed by atoms with Gasteiger partial charge in [-0.25, -0.2) is 9.97 Å². The number of carbonyl (C=O) groups excluding carboxylic acids is 1. The lowest BCUT2D eigenvalue weighted by Gasteiger charge is -2.14. The number of hydrogen-bond donors (Lipinski definition) is 3. The number of nitrogen functional groups attached to an aromatic ring is 1. The van der Waals surface area contributed by atoms with Gasteiger partial charge in [0.2, 0.25) is 5.91 Å². The van der Waals surface area contributed by atoms with Crippen molar-refractivity contribution in [2.24, 2.45) is 5.73 Å². The van der Waals surface area contributed by atoms with Crippen LogP contribution in [0.25, 0.3) is 0 Å². The first-order valence-corrected chi connectivity index (χ1v) is 4.71. The molecule has 0 bridgehead atoms. The van der Waals surface area contributed by atoms with Crippen molar-refractivity contribution in [3.8, 4) is 0 Å². The first kappa shape index (κ1) is 11.2. The Balaban J connectivity index is 2.94. The highest BCUT2D eigenvalue weighted by Crippen LogP contribution is 2.17. The summed E-state index contributed by atoms with van der Waals surface area (Å²) in [5.74, 6) is 0.553. The molecule has 0 saturated heterocycles. The van der Waals surface area contributed by atoms with E-state index >= 15 is 0 Å². The van der Waals surface area contributed by atoms with Crippen LogP contribution in [0.4, 0.5) is 11.6 Å². The number of anilines is 2. The second kappa shape index (κ2) is 4.59. The molecule has 0 aliphatic carbocycles. The number of primary amides is 1. The number of nitrogens with one attached hydrogen (secondary N) is 1. The fraction of sp³-hybridized carbons (Fsp3) is 0.444. The van der Waals surface area contributed by atoms with Crippen molar-refractivity contribution in [3.05, 3.63) is 11.9 Å². The van der Waals surface area contributed by atoms with Crippen molar-refractivity contribution < 1.29 is 4.79 Å². The standard InChI is InChI=1S/C9H15N5O/c1-3-6-7(10)12-4-13-9(6)14-5(2)8(11)15/h4-5H,3H2,1-2H3,(H2,11,15)(H3,10,12,13,14). The molecule has 5 N–H and O–H groups in total. The molecule has 1 amide bonds. The quantitative estimate of drug-likeness (QED) is 0.642. The lowest BCUT2D eigenvalue weighted by molar-refractivity contribution is -0.118. The highest BCUT2D eigenvalue weighted by molar-refractivity contribution is 5.82. The molecule has 1 unspecified atom stereocenters. The highest BCUT2D eigenvalue weighted by atomic mass is 16.1. The van der Waals surface area contributed by atoms with Crippen molar-refractivity contribution in [2.75, 3.05) is 11.1 Å². The van der Waals surface area contributed by atoms with Crippen molar-refractivity contribution in [2.45, 2.75) is 26.3 Å². The molecule has 0 aliphatic heterocycles. The van der Waals surface area contributed by atoms with Gasteiger partial charge in [0.05, 0.1) is 0 Å². The third-order valence-corrected chi connectivity index (χ3v) is 2.11. The first-order chi connectivity index (χ1) is 7.06. The fourth-order valence-corrected chi connectivity index (χ4v) is 1.18. The van der Waals surface area contributed by atoms with Crippen LogP contribution >= 0.6 is 0 Å². The van der Waals surface area contributed by atoms with Gasteiger partial charge in [-0.2, -0.15) is 0 Å². The van der Waals surface area contributed by atoms with Crippen LogP contribution in [-0.4, -0.2) is 21.9 Å². The molecular weight excluding hydrogens is 194 g/mol. The average Bonchev–Trinajstić information content (AvgIpc) is 2.18. The zero-order valence-corrected chi connectivity index (χ0v) is 8.82. The van der Waals surface area contributed by atoms with E-state index in [1.54, 1.807) is 6.92 Å². The largest absolute Gasteiger partial charge is 0.383 e. The van der Waals surface area contributed by atoms with Crippen LogP contribution in [0.2, 0.25) is 0 Å². The molecular formula is C9H15N5O. The van der Waals surface area contributed by atoms with Crippen molar-refractivity contribution >= 4 is 17.5 Å². The number of aromatic nitrogens is 2. The van der Waals surface area contributed by atoms with E-state index in [2.05, 4.69) is 15.3 Å². The second-order valence-corrected chi connectivity index (χ2v) is 3.21. The molecule has 6 heteroatoms. The van der Waals surface area contributed by atoms with Gasteiger partial charge in [-0.3, -0.25) is 4.79 Å². The van der Waals surface area contributed by atoms with E-state index in [0.717, 1.165) is 5.56 Å². The summed E-state index contributed by atoms with van der Waals surface area (Å²) in [4.78, 5) is 18.8. The minimum absolute atomic E-state index is 0.423. The molecule has 0 aliphatic rings. The van der Waals surface area contributed by atoms with Gasteiger partial charge in [0.1, 0.15) is 24.0 Å². The lowest BCUT2D eigenvalue weighted by Crippen LogP contribution is -2.33. The Morgan fingerprint density at radius 3 is 2.80 bits per heavy atom. The average molecular weight is 209 g/mol. The van der Waals surface area contributed by atoms with E-state index in [9.17, 15) is 4.79 Å². The van der Waals surface area contributed by atoms with Crippen molar-refractivity contribution in [3.63, 3.8) is 0 Å². The Morgan fingerprint density at radius 1 is 1.60 bits per heavy atom. The monoisotopic (exact) mass is 209 g/mol. The SMILES string of the molecule is CCc1c(N)ncnc1NC(C)C(N)=O. The molecule has 0 saturated carbocycles. The van der Waals surface area contributed by atoms with Crippen molar-refractivity contribution in [1.82, 2.24) is 9.97 Å². The first-order valence-electron chi connectivity index (χ1n) is 4.71. The van der Waals surface area contributed by atoms with Gasteiger partial charge in [0.25, 0.3) is 0 Å². The van der Waals surface area contributed by atoms with Gasteiger partial charge < -0.3 is 16.8 Å². The molecule has 0 radical (unpaired) electrons. The summed E-state index contributed by atoms with van der Waals surface area (Å²) < 4.78 is 0. The zero-order chi connectivity index (χ0) is 11.4. The van der Waals surface area contributed by atoms with Crippen LogP contribution < -0.4 is 16.8 Å². The number of amides is 1. The van der Waals surface area contributed by atoms with E-state index in [1.807, 2.05) is 6.92 Å². The highest BCUT2D eigenvalue weighted by Gasteiger charge is 2.12. The molecule has 1 aromatic rings. The molecule has 1 atom stereocenters. The van der Waals surface area contributed by atoms with Crippen LogP contribution in [0, 0.1) is 0 Å². The predicted molar refractivity (Wildman–Crippen MR) is 58.1 cm³/mol. The number of carbonyl (C=O) groups is 1. The fourth-order valence-electron chi connectivity index (χ4n) is 1.18. The van der Waals surface area contributed by atoms with Gasteiger partial charge in [-0.15, -0.1) is 0 Å². The third kappa shape index (κ3) is 2.55. The Morgan fingerprint density at radius 2 is 2.27 bits per heavy atom. The van der Waals surface area contributed by atoms with Gasteiger partial charge >= 0.3 is 0 Å². The van der Waals surface area contributed by atoms with Gasteiger partial charge in [-0.05, 0) is 13.3 Å². The van der Waals surface area contributed by atoms with Gasteiger partial charge in [-0.1, -0.05) is 6.92 Å². The van der Waals surface area contributed by atoms with Crippen LogP contribution in [0.15, 0.2) is 6.33 Å². The Hall–Kier alpha value is -1.85.